The van der Waals surface area contributed by atoms with E-state index in [-0.39, 0.29) is 11.8 Å². The molecule has 1 aliphatic heterocycles. The van der Waals surface area contributed by atoms with Crippen LogP contribution in [0.4, 0.5) is 0 Å². The third-order valence-electron chi connectivity index (χ3n) is 4.49. The molecule has 0 bridgehead atoms. The average molecular weight is 349 g/mol. The summed E-state index contributed by atoms with van der Waals surface area (Å²) in [5.74, 6) is 0.489. The molecule has 6 heteroatoms. The normalized spacial score (nSPS) is 15.3. The quantitative estimate of drug-likeness (QED) is 0.819. The molecule has 1 heterocycles. The minimum absolute atomic E-state index is 0.101. The first-order valence-corrected chi connectivity index (χ1v) is 8.75. The lowest BCUT2D eigenvalue weighted by atomic mass is 9.96. The Balaban J connectivity index is 2.02. The Morgan fingerprint density at radius 2 is 1.92 bits per heavy atom. The van der Waals surface area contributed by atoms with Crippen LogP contribution in [0.5, 0.6) is 11.5 Å². The van der Waals surface area contributed by atoms with Gasteiger partial charge in [-0.1, -0.05) is 13.8 Å². The highest BCUT2D eigenvalue weighted by atomic mass is 16.5. The first-order chi connectivity index (χ1) is 11.9. The monoisotopic (exact) mass is 349 g/mol. The second-order valence-corrected chi connectivity index (χ2v) is 6.80. The van der Waals surface area contributed by atoms with Gasteiger partial charge in [0.25, 0.3) is 5.91 Å². The highest BCUT2D eigenvalue weighted by Crippen LogP contribution is 2.29. The molecule has 1 saturated heterocycles. The van der Waals surface area contributed by atoms with Crippen molar-refractivity contribution >= 4 is 11.9 Å². The van der Waals surface area contributed by atoms with Crippen LogP contribution in [0.1, 0.15) is 43.5 Å². The second kappa shape index (κ2) is 8.74. The SMILES string of the molecule is COc1cc(C(=O)N2CCC(C(=O)O)CC2)ccc1OCCC(C)C. The van der Waals surface area contributed by atoms with E-state index in [0.717, 1.165) is 6.42 Å². The molecule has 0 saturated carbocycles. The van der Waals surface area contributed by atoms with Crippen LogP contribution in [-0.2, 0) is 4.79 Å². The van der Waals surface area contributed by atoms with Crippen molar-refractivity contribution in [3.8, 4) is 11.5 Å². The van der Waals surface area contributed by atoms with E-state index in [1.54, 1.807) is 30.2 Å². The molecule has 0 spiro atoms. The van der Waals surface area contributed by atoms with Gasteiger partial charge in [-0.3, -0.25) is 9.59 Å². The zero-order valence-electron chi connectivity index (χ0n) is 15.2. The van der Waals surface area contributed by atoms with Crippen molar-refractivity contribution in [3.05, 3.63) is 23.8 Å². The van der Waals surface area contributed by atoms with Crippen LogP contribution in [0, 0.1) is 11.8 Å². The van der Waals surface area contributed by atoms with Gasteiger partial charge >= 0.3 is 5.97 Å². The minimum atomic E-state index is -0.781. The van der Waals surface area contributed by atoms with Crippen LogP contribution >= 0.6 is 0 Å². The molecule has 6 nitrogen and oxygen atoms in total. The molecule has 1 N–H and O–H groups in total. The molecule has 1 aromatic rings. The molecule has 1 aliphatic rings. The predicted molar refractivity (Wildman–Crippen MR) is 94.2 cm³/mol. The van der Waals surface area contributed by atoms with E-state index in [1.165, 1.54) is 0 Å². The number of nitrogens with zero attached hydrogens (tertiary/aromatic N) is 1. The topological polar surface area (TPSA) is 76.1 Å². The van der Waals surface area contributed by atoms with Gasteiger partial charge in [-0.05, 0) is 43.4 Å². The van der Waals surface area contributed by atoms with Gasteiger partial charge in [-0.25, -0.2) is 0 Å². The van der Waals surface area contributed by atoms with Gasteiger partial charge in [0, 0.05) is 18.7 Å². The van der Waals surface area contributed by atoms with E-state index in [4.69, 9.17) is 14.6 Å². The molecule has 1 aromatic carbocycles. The number of ether oxygens (including phenoxy) is 2. The van der Waals surface area contributed by atoms with E-state index >= 15 is 0 Å². The smallest absolute Gasteiger partial charge is 0.306 e. The molecule has 0 atom stereocenters. The first-order valence-electron chi connectivity index (χ1n) is 8.75. The molecule has 1 fully saturated rings. The van der Waals surface area contributed by atoms with Gasteiger partial charge in [0.15, 0.2) is 11.5 Å². The number of hydrogen-bond donors (Lipinski definition) is 1. The van der Waals surface area contributed by atoms with Crippen LogP contribution in [0.15, 0.2) is 18.2 Å². The van der Waals surface area contributed by atoms with Crippen LogP contribution in [0.25, 0.3) is 0 Å². The number of methoxy groups -OCH3 is 1. The van der Waals surface area contributed by atoms with Crippen LogP contribution in [0.3, 0.4) is 0 Å². The molecular formula is C19H27NO5. The number of aliphatic carboxylic acids is 1. The standard InChI is InChI=1S/C19H27NO5/c1-13(2)8-11-25-16-5-4-15(12-17(16)24-3)18(21)20-9-6-14(7-10-20)19(22)23/h4-5,12-14H,6-11H2,1-3H3,(H,22,23). The van der Waals surface area contributed by atoms with Crippen LogP contribution < -0.4 is 9.47 Å². The summed E-state index contributed by atoms with van der Waals surface area (Å²) in [5, 5.41) is 9.05. The first kappa shape index (κ1) is 19.1. The maximum absolute atomic E-state index is 12.6. The van der Waals surface area contributed by atoms with Gasteiger partial charge < -0.3 is 19.5 Å². The lowest BCUT2D eigenvalue weighted by molar-refractivity contribution is -0.143. The van der Waals surface area contributed by atoms with Gasteiger partial charge in [-0.2, -0.15) is 0 Å². The summed E-state index contributed by atoms with van der Waals surface area (Å²) in [6, 6.07) is 5.19. The number of hydrogen-bond acceptors (Lipinski definition) is 4. The largest absolute Gasteiger partial charge is 0.493 e. The van der Waals surface area contributed by atoms with Gasteiger partial charge in [0.05, 0.1) is 19.6 Å². The number of piperidine rings is 1. The van der Waals surface area contributed by atoms with Crippen molar-refractivity contribution in [2.75, 3.05) is 26.8 Å². The van der Waals surface area contributed by atoms with E-state index in [2.05, 4.69) is 13.8 Å². The number of carboxylic acid groups (broad SMARTS) is 1. The van der Waals surface area contributed by atoms with Crippen molar-refractivity contribution in [3.63, 3.8) is 0 Å². The molecule has 2 rings (SSSR count). The highest BCUT2D eigenvalue weighted by molar-refractivity contribution is 5.95. The Morgan fingerprint density at radius 1 is 1.24 bits per heavy atom. The summed E-state index contributed by atoms with van der Waals surface area (Å²) in [7, 11) is 1.55. The number of likely N-dealkylation sites (tertiary alicyclic amines) is 1. The van der Waals surface area contributed by atoms with Gasteiger partial charge in [0.2, 0.25) is 0 Å². The number of carbonyl (C=O) groups excluding carboxylic acids is 1. The number of carbonyl (C=O) groups is 2. The number of carboxylic acids is 1. The van der Waals surface area contributed by atoms with Crippen molar-refractivity contribution < 1.29 is 24.2 Å². The summed E-state index contributed by atoms with van der Waals surface area (Å²) < 4.78 is 11.1. The fraction of sp³-hybridized carbons (Fsp3) is 0.579. The summed E-state index contributed by atoms with van der Waals surface area (Å²) in [4.78, 5) is 25.4. The van der Waals surface area contributed by atoms with Crippen molar-refractivity contribution in [2.45, 2.75) is 33.1 Å². The number of amides is 1. The minimum Gasteiger partial charge on any atom is -0.493 e. The van der Waals surface area contributed by atoms with Crippen LogP contribution in [0.2, 0.25) is 0 Å². The Kier molecular flexibility index (Phi) is 6.67. The second-order valence-electron chi connectivity index (χ2n) is 6.80. The molecule has 138 valence electrons. The van der Waals surface area contributed by atoms with Crippen molar-refractivity contribution in [2.24, 2.45) is 11.8 Å². The summed E-state index contributed by atoms with van der Waals surface area (Å²) in [6.07, 6.45) is 1.94. The highest BCUT2D eigenvalue weighted by Gasteiger charge is 2.27. The Morgan fingerprint density at radius 3 is 2.48 bits per heavy atom. The zero-order valence-corrected chi connectivity index (χ0v) is 15.2. The summed E-state index contributed by atoms with van der Waals surface area (Å²) in [5.41, 5.74) is 0.529. The fourth-order valence-electron chi connectivity index (χ4n) is 2.84. The molecule has 0 aliphatic carbocycles. The Bertz CT molecular complexity index is 606. The lowest BCUT2D eigenvalue weighted by Gasteiger charge is -2.30. The number of rotatable bonds is 7. The third kappa shape index (κ3) is 5.11. The maximum atomic E-state index is 12.6. The molecular weight excluding hydrogens is 322 g/mol. The van der Waals surface area contributed by atoms with Crippen molar-refractivity contribution in [1.82, 2.24) is 4.90 Å². The Hall–Kier alpha value is -2.24. The lowest BCUT2D eigenvalue weighted by Crippen LogP contribution is -2.40. The third-order valence-corrected chi connectivity index (χ3v) is 4.49. The molecule has 25 heavy (non-hydrogen) atoms. The summed E-state index contributed by atoms with van der Waals surface area (Å²) in [6.45, 7) is 5.80. The van der Waals surface area contributed by atoms with E-state index < -0.39 is 5.97 Å². The maximum Gasteiger partial charge on any atom is 0.306 e. The Labute approximate surface area is 148 Å². The zero-order chi connectivity index (χ0) is 18.4. The fourth-order valence-corrected chi connectivity index (χ4v) is 2.84. The average Bonchev–Trinajstić information content (AvgIpc) is 2.61. The summed E-state index contributed by atoms with van der Waals surface area (Å²) >= 11 is 0. The molecule has 1 amide bonds. The van der Waals surface area contributed by atoms with E-state index in [1.807, 2.05) is 0 Å². The van der Waals surface area contributed by atoms with E-state index in [0.29, 0.717) is 55.5 Å². The molecule has 0 unspecified atom stereocenters. The molecule has 0 radical (unpaired) electrons. The van der Waals surface area contributed by atoms with Crippen LogP contribution in [-0.4, -0.2) is 48.7 Å². The number of benzene rings is 1. The van der Waals surface area contributed by atoms with E-state index in [9.17, 15) is 9.59 Å². The molecule has 0 aromatic heterocycles. The van der Waals surface area contributed by atoms with Crippen molar-refractivity contribution in [1.29, 1.82) is 0 Å². The predicted octanol–water partition coefficient (Wildman–Crippen LogP) is 3.06. The van der Waals surface area contributed by atoms with Gasteiger partial charge in [0.1, 0.15) is 0 Å². The van der Waals surface area contributed by atoms with Gasteiger partial charge in [-0.15, -0.1) is 0 Å².